The molecular formula is C35H46N6O7. The number of aromatic nitrogens is 2. The molecule has 0 saturated heterocycles. The molecule has 3 rings (SSSR count). The van der Waals surface area contributed by atoms with E-state index in [1.165, 1.54) is 36.4 Å². The lowest BCUT2D eigenvalue weighted by molar-refractivity contribution is 0.0495. The highest BCUT2D eigenvalue weighted by Gasteiger charge is 2.21. The van der Waals surface area contributed by atoms with Gasteiger partial charge in [0.05, 0.1) is 23.4 Å². The summed E-state index contributed by atoms with van der Waals surface area (Å²) in [5, 5.41) is 21.2. The molecule has 0 unspecified atom stereocenters. The van der Waals surface area contributed by atoms with E-state index in [1.807, 2.05) is 13.8 Å². The Bertz CT molecular complexity index is 1600. The second-order valence-electron chi connectivity index (χ2n) is 11.7. The Morgan fingerprint density at radius 3 is 2.10 bits per heavy atom. The van der Waals surface area contributed by atoms with E-state index in [0.717, 1.165) is 44.9 Å². The second-order valence-corrected chi connectivity index (χ2v) is 11.7. The van der Waals surface area contributed by atoms with E-state index < -0.39 is 23.8 Å². The summed E-state index contributed by atoms with van der Waals surface area (Å²) in [4.78, 5) is 68.9. The molecule has 4 amide bonds. The van der Waals surface area contributed by atoms with E-state index in [0.29, 0.717) is 30.9 Å². The maximum absolute atomic E-state index is 13.3. The van der Waals surface area contributed by atoms with Gasteiger partial charge in [0, 0.05) is 36.5 Å². The summed E-state index contributed by atoms with van der Waals surface area (Å²) >= 11 is 0. The Kier molecular flexibility index (Phi) is 15.1. The molecule has 0 aliphatic heterocycles. The number of amides is 4. The monoisotopic (exact) mass is 662 g/mol. The quantitative estimate of drug-likeness (QED) is 0.0537. The summed E-state index contributed by atoms with van der Waals surface area (Å²) in [7, 11) is 0. The Hall–Kier alpha value is -5.20. The van der Waals surface area contributed by atoms with Crippen molar-refractivity contribution in [2.45, 2.75) is 78.1 Å². The molecule has 0 aliphatic carbocycles. The topological polar surface area (TPSA) is 192 Å². The SMILES string of the molecule is CCCCCCOC(=O)c1ccccc1C(=O)c1ccc(NC(=O)NCCCCCCNC(=O)Nc2nc(C(C)C)cc(=O)[nH]2)cc1O. The Balaban J connectivity index is 1.36. The maximum Gasteiger partial charge on any atom is 0.338 e. The molecule has 0 aliphatic rings. The molecule has 1 heterocycles. The third-order valence-electron chi connectivity index (χ3n) is 7.38. The first-order chi connectivity index (χ1) is 23.1. The van der Waals surface area contributed by atoms with Crippen molar-refractivity contribution >= 4 is 35.5 Å². The van der Waals surface area contributed by atoms with E-state index in [4.69, 9.17) is 4.74 Å². The first kappa shape index (κ1) is 37.3. The van der Waals surface area contributed by atoms with Crippen molar-refractivity contribution in [2.75, 3.05) is 30.3 Å². The van der Waals surface area contributed by atoms with Crippen LogP contribution < -0.4 is 26.8 Å². The molecule has 0 radical (unpaired) electrons. The highest BCUT2D eigenvalue weighted by Crippen LogP contribution is 2.26. The number of H-pyrrole nitrogens is 1. The van der Waals surface area contributed by atoms with Crippen molar-refractivity contribution in [1.29, 1.82) is 0 Å². The minimum Gasteiger partial charge on any atom is -0.507 e. The number of phenols is 1. The van der Waals surface area contributed by atoms with Crippen LogP contribution in [0.15, 0.2) is 53.3 Å². The number of esters is 1. The number of carbonyl (C=O) groups is 4. The van der Waals surface area contributed by atoms with Crippen LogP contribution in [-0.4, -0.2) is 58.6 Å². The zero-order valence-electron chi connectivity index (χ0n) is 27.8. The molecule has 258 valence electrons. The van der Waals surface area contributed by atoms with Crippen LogP contribution in [0.1, 0.15) is 110 Å². The highest BCUT2D eigenvalue weighted by molar-refractivity contribution is 6.15. The van der Waals surface area contributed by atoms with Gasteiger partial charge in [0.1, 0.15) is 5.75 Å². The molecule has 0 saturated carbocycles. The molecule has 3 aromatic rings. The number of hydrogen-bond acceptors (Lipinski definition) is 8. The van der Waals surface area contributed by atoms with Gasteiger partial charge in [-0.15, -0.1) is 0 Å². The molecule has 0 spiro atoms. The number of nitrogens with one attached hydrogen (secondary N) is 5. The zero-order chi connectivity index (χ0) is 34.9. The number of phenolic OH excluding ortho intramolecular Hbond substituents is 1. The van der Waals surface area contributed by atoms with Gasteiger partial charge in [-0.05, 0) is 43.4 Å². The summed E-state index contributed by atoms with van der Waals surface area (Å²) in [6.45, 7) is 7.03. The number of ether oxygens (including phenoxy) is 1. The van der Waals surface area contributed by atoms with Crippen LogP contribution in [0, 0.1) is 0 Å². The number of anilines is 2. The number of ketones is 1. The number of urea groups is 2. The molecule has 13 nitrogen and oxygen atoms in total. The van der Waals surface area contributed by atoms with Crippen LogP contribution in [-0.2, 0) is 4.74 Å². The van der Waals surface area contributed by atoms with Gasteiger partial charge in [0.2, 0.25) is 5.95 Å². The lowest BCUT2D eigenvalue weighted by atomic mass is 9.97. The lowest BCUT2D eigenvalue weighted by Crippen LogP contribution is -2.31. The minimum absolute atomic E-state index is 0.0111. The van der Waals surface area contributed by atoms with Crippen molar-refractivity contribution in [3.8, 4) is 5.75 Å². The van der Waals surface area contributed by atoms with Crippen LogP contribution in [0.25, 0.3) is 0 Å². The number of aromatic amines is 1. The molecule has 48 heavy (non-hydrogen) atoms. The van der Waals surface area contributed by atoms with Crippen molar-refractivity contribution < 1.29 is 29.0 Å². The molecular weight excluding hydrogens is 616 g/mol. The highest BCUT2D eigenvalue weighted by atomic mass is 16.5. The summed E-state index contributed by atoms with van der Waals surface area (Å²) in [6, 6.07) is 11.0. The fourth-order valence-corrected chi connectivity index (χ4v) is 4.74. The number of carbonyl (C=O) groups excluding carboxylic acids is 4. The number of rotatable bonds is 18. The molecule has 0 atom stereocenters. The molecule has 1 aromatic heterocycles. The summed E-state index contributed by atoms with van der Waals surface area (Å²) in [5.74, 6) is -1.32. The van der Waals surface area contributed by atoms with Gasteiger partial charge >= 0.3 is 18.0 Å². The smallest absolute Gasteiger partial charge is 0.338 e. The second kappa shape index (κ2) is 19.5. The number of hydrogen-bond donors (Lipinski definition) is 6. The summed E-state index contributed by atoms with van der Waals surface area (Å²) in [5.41, 5.74) is 0.780. The van der Waals surface area contributed by atoms with E-state index >= 15 is 0 Å². The van der Waals surface area contributed by atoms with Crippen LogP contribution in [0.3, 0.4) is 0 Å². The van der Waals surface area contributed by atoms with Gasteiger partial charge in [0.25, 0.3) is 5.56 Å². The van der Waals surface area contributed by atoms with E-state index in [2.05, 4.69) is 38.2 Å². The van der Waals surface area contributed by atoms with Crippen molar-refractivity contribution in [1.82, 2.24) is 20.6 Å². The average molecular weight is 663 g/mol. The van der Waals surface area contributed by atoms with Gasteiger partial charge in [0.15, 0.2) is 5.78 Å². The minimum atomic E-state index is -0.592. The molecule has 13 heteroatoms. The number of aromatic hydroxyl groups is 1. The van der Waals surface area contributed by atoms with Crippen LogP contribution in [0.4, 0.5) is 21.2 Å². The first-order valence-electron chi connectivity index (χ1n) is 16.4. The third kappa shape index (κ3) is 12.2. The third-order valence-corrected chi connectivity index (χ3v) is 7.38. The number of unbranched alkanes of at least 4 members (excludes halogenated alkanes) is 6. The molecule has 0 fully saturated rings. The fourth-order valence-electron chi connectivity index (χ4n) is 4.74. The van der Waals surface area contributed by atoms with Gasteiger partial charge in [-0.2, -0.15) is 0 Å². The van der Waals surface area contributed by atoms with Crippen molar-refractivity contribution in [3.05, 3.63) is 81.3 Å². The van der Waals surface area contributed by atoms with Gasteiger partial charge < -0.3 is 25.8 Å². The van der Waals surface area contributed by atoms with E-state index in [9.17, 15) is 29.1 Å². The Morgan fingerprint density at radius 1 is 0.812 bits per heavy atom. The molecule has 0 bridgehead atoms. The summed E-state index contributed by atoms with van der Waals surface area (Å²) in [6.07, 6.45) is 6.91. The van der Waals surface area contributed by atoms with Crippen LogP contribution >= 0.6 is 0 Å². The van der Waals surface area contributed by atoms with E-state index in [-0.39, 0.29) is 46.5 Å². The van der Waals surface area contributed by atoms with Crippen LogP contribution in [0.2, 0.25) is 0 Å². The predicted molar refractivity (Wildman–Crippen MR) is 184 cm³/mol. The average Bonchev–Trinajstić information content (AvgIpc) is 3.05. The largest absolute Gasteiger partial charge is 0.507 e. The van der Waals surface area contributed by atoms with E-state index in [1.54, 1.807) is 12.1 Å². The van der Waals surface area contributed by atoms with Crippen molar-refractivity contribution in [2.24, 2.45) is 0 Å². The van der Waals surface area contributed by atoms with Gasteiger partial charge in [-0.1, -0.05) is 71.1 Å². The normalized spacial score (nSPS) is 10.8. The van der Waals surface area contributed by atoms with Gasteiger partial charge in [-0.25, -0.2) is 19.4 Å². The zero-order valence-corrected chi connectivity index (χ0v) is 27.8. The molecule has 6 N–H and O–H groups in total. The first-order valence-corrected chi connectivity index (χ1v) is 16.4. The van der Waals surface area contributed by atoms with Gasteiger partial charge in [-0.3, -0.25) is 19.9 Å². The Morgan fingerprint density at radius 2 is 1.46 bits per heavy atom. The maximum atomic E-state index is 13.3. The number of nitrogens with zero attached hydrogens (tertiary/aromatic N) is 1. The lowest BCUT2D eigenvalue weighted by Gasteiger charge is -2.12. The standard InChI is InChI=1S/C35H46N6O7/c1-4-5-6-13-20-48-32(45)26-15-10-9-14-25(26)31(44)27-17-16-24(21-29(27)42)38-34(46)36-18-11-7-8-12-19-37-35(47)41-33-39-28(23(2)3)22-30(43)40-33/h9-10,14-17,21-23,42H,4-8,11-13,18-20H2,1-3H3,(H2,36,38,46)(H3,37,39,40,41,43,47). The van der Waals surface area contributed by atoms with Crippen molar-refractivity contribution in [3.63, 3.8) is 0 Å². The summed E-state index contributed by atoms with van der Waals surface area (Å²) < 4.78 is 5.36. The molecule has 2 aromatic carbocycles. The number of benzene rings is 2. The fraction of sp³-hybridized carbons (Fsp3) is 0.429. The Labute approximate surface area is 280 Å². The van der Waals surface area contributed by atoms with Crippen LogP contribution in [0.5, 0.6) is 5.75 Å². The predicted octanol–water partition coefficient (Wildman–Crippen LogP) is 6.07.